The summed E-state index contributed by atoms with van der Waals surface area (Å²) in [6, 6.07) is 0. The molecule has 1 aromatic heterocycles. The van der Waals surface area contributed by atoms with Gasteiger partial charge in [0.05, 0.1) is 0 Å². The molecular weight excluding hydrogens is 194 g/mol. The molecule has 2 rings (SSSR count). The number of hydrogen-bond donors (Lipinski definition) is 2. The second kappa shape index (κ2) is 3.48. The number of aromatic nitrogens is 2. The molecule has 0 radical (unpaired) electrons. The lowest BCUT2D eigenvalue weighted by atomic mass is 9.60. The van der Waals surface area contributed by atoms with Gasteiger partial charge in [0.25, 0.3) is 0 Å². The minimum Gasteiger partial charge on any atom is -0.330 e. The van der Waals surface area contributed by atoms with Crippen LogP contribution in [0.2, 0.25) is 0 Å². The van der Waals surface area contributed by atoms with E-state index in [1.807, 2.05) is 0 Å². The van der Waals surface area contributed by atoms with Gasteiger partial charge in [-0.1, -0.05) is 19.0 Å². The molecular formula is C10H17N3O2. The van der Waals surface area contributed by atoms with E-state index >= 15 is 0 Å². The van der Waals surface area contributed by atoms with Crippen LogP contribution in [-0.2, 0) is 0 Å². The third-order valence-corrected chi connectivity index (χ3v) is 3.26. The summed E-state index contributed by atoms with van der Waals surface area (Å²) in [4.78, 5) is 13.4. The molecule has 1 fully saturated rings. The van der Waals surface area contributed by atoms with Gasteiger partial charge in [0.2, 0.25) is 0 Å². The molecule has 5 heteroatoms. The second-order valence-corrected chi connectivity index (χ2v) is 5.16. The van der Waals surface area contributed by atoms with Crippen molar-refractivity contribution in [3.8, 4) is 0 Å². The van der Waals surface area contributed by atoms with Gasteiger partial charge in [0, 0.05) is 12.5 Å². The number of nitrogens with zero attached hydrogens (tertiary/aromatic N) is 1. The number of rotatable bonds is 3. The molecule has 0 spiro atoms. The van der Waals surface area contributed by atoms with Crippen LogP contribution in [0.25, 0.3) is 0 Å². The highest BCUT2D eigenvalue weighted by atomic mass is 16.5. The van der Waals surface area contributed by atoms with Crippen molar-refractivity contribution in [3.63, 3.8) is 0 Å². The summed E-state index contributed by atoms with van der Waals surface area (Å²) < 4.78 is 4.50. The Labute approximate surface area is 88.0 Å². The van der Waals surface area contributed by atoms with E-state index in [1.165, 1.54) is 0 Å². The Morgan fingerprint density at radius 2 is 2.33 bits per heavy atom. The van der Waals surface area contributed by atoms with E-state index < -0.39 is 5.76 Å². The van der Waals surface area contributed by atoms with E-state index in [-0.39, 0.29) is 5.92 Å². The molecule has 0 amide bonds. The standard InChI is InChI=1S/C10H17N3O2/c1-10(2)3-6(4-10)7(5-11)8-12-9(14)15-13-8/h6-7H,3-5,11H2,1-2H3,(H,12,13,14). The molecule has 1 aliphatic rings. The Hall–Kier alpha value is -1.10. The van der Waals surface area contributed by atoms with E-state index in [9.17, 15) is 4.79 Å². The summed E-state index contributed by atoms with van der Waals surface area (Å²) in [5.74, 6) is 0.750. The van der Waals surface area contributed by atoms with Crippen LogP contribution < -0.4 is 11.5 Å². The van der Waals surface area contributed by atoms with Gasteiger partial charge in [-0.3, -0.25) is 9.51 Å². The molecule has 1 aromatic rings. The molecule has 84 valence electrons. The van der Waals surface area contributed by atoms with Crippen LogP contribution in [0.1, 0.15) is 38.4 Å². The van der Waals surface area contributed by atoms with Crippen LogP contribution >= 0.6 is 0 Å². The average Bonchev–Trinajstić information content (AvgIpc) is 2.50. The van der Waals surface area contributed by atoms with Crippen LogP contribution in [0.15, 0.2) is 9.32 Å². The summed E-state index contributed by atoms with van der Waals surface area (Å²) in [5, 5.41) is 3.71. The molecule has 1 atom stereocenters. The summed E-state index contributed by atoms with van der Waals surface area (Å²) >= 11 is 0. The Morgan fingerprint density at radius 1 is 1.67 bits per heavy atom. The fourth-order valence-electron chi connectivity index (χ4n) is 2.57. The largest absolute Gasteiger partial charge is 0.438 e. The number of hydrogen-bond acceptors (Lipinski definition) is 4. The van der Waals surface area contributed by atoms with Crippen LogP contribution in [0.3, 0.4) is 0 Å². The zero-order valence-corrected chi connectivity index (χ0v) is 9.12. The topological polar surface area (TPSA) is 84.9 Å². The Kier molecular flexibility index (Phi) is 2.42. The predicted octanol–water partition coefficient (Wildman–Crippen LogP) is 0.841. The smallest absolute Gasteiger partial charge is 0.330 e. The van der Waals surface area contributed by atoms with Gasteiger partial charge >= 0.3 is 5.76 Å². The van der Waals surface area contributed by atoms with Crippen LogP contribution in [0, 0.1) is 11.3 Å². The van der Waals surface area contributed by atoms with Gasteiger partial charge in [-0.15, -0.1) is 0 Å². The molecule has 5 nitrogen and oxygen atoms in total. The van der Waals surface area contributed by atoms with Gasteiger partial charge in [-0.25, -0.2) is 4.79 Å². The maximum atomic E-state index is 10.8. The Bertz CT molecular complexity index is 385. The molecule has 0 saturated heterocycles. The van der Waals surface area contributed by atoms with Crippen molar-refractivity contribution in [2.75, 3.05) is 6.54 Å². The van der Waals surface area contributed by atoms with Crippen LogP contribution in [-0.4, -0.2) is 16.7 Å². The highest BCUT2D eigenvalue weighted by Crippen LogP contribution is 2.50. The van der Waals surface area contributed by atoms with Crippen LogP contribution in [0.5, 0.6) is 0 Å². The summed E-state index contributed by atoms with van der Waals surface area (Å²) in [6.07, 6.45) is 2.26. The third-order valence-electron chi connectivity index (χ3n) is 3.26. The molecule has 3 N–H and O–H groups in total. The van der Waals surface area contributed by atoms with Crippen molar-refractivity contribution < 1.29 is 4.52 Å². The molecule has 0 bridgehead atoms. The van der Waals surface area contributed by atoms with Crippen molar-refractivity contribution in [1.29, 1.82) is 0 Å². The van der Waals surface area contributed by atoms with Crippen molar-refractivity contribution in [3.05, 3.63) is 16.4 Å². The van der Waals surface area contributed by atoms with Gasteiger partial charge in [-0.2, -0.15) is 0 Å². The minimum atomic E-state index is -0.498. The molecule has 1 aliphatic carbocycles. The lowest BCUT2D eigenvalue weighted by Crippen LogP contribution is -2.38. The minimum absolute atomic E-state index is 0.129. The van der Waals surface area contributed by atoms with Crippen molar-refractivity contribution in [1.82, 2.24) is 10.1 Å². The number of aromatic amines is 1. The predicted molar refractivity (Wildman–Crippen MR) is 55.4 cm³/mol. The second-order valence-electron chi connectivity index (χ2n) is 5.16. The fraction of sp³-hybridized carbons (Fsp3) is 0.800. The van der Waals surface area contributed by atoms with E-state index in [1.54, 1.807) is 0 Å². The number of H-pyrrole nitrogens is 1. The maximum absolute atomic E-state index is 10.8. The van der Waals surface area contributed by atoms with E-state index in [4.69, 9.17) is 5.73 Å². The van der Waals surface area contributed by atoms with Gasteiger partial charge < -0.3 is 5.73 Å². The lowest BCUT2D eigenvalue weighted by molar-refractivity contribution is 0.0734. The summed E-state index contributed by atoms with van der Waals surface area (Å²) in [5.41, 5.74) is 6.11. The van der Waals surface area contributed by atoms with E-state index in [0.717, 1.165) is 12.8 Å². The first-order chi connectivity index (χ1) is 7.02. The highest BCUT2D eigenvalue weighted by molar-refractivity contribution is 5.03. The first-order valence-electron chi connectivity index (χ1n) is 5.28. The lowest BCUT2D eigenvalue weighted by Gasteiger charge is -2.45. The average molecular weight is 211 g/mol. The first-order valence-corrected chi connectivity index (χ1v) is 5.28. The Balaban J connectivity index is 2.09. The van der Waals surface area contributed by atoms with Gasteiger partial charge in [0.1, 0.15) is 0 Å². The van der Waals surface area contributed by atoms with Crippen molar-refractivity contribution in [2.45, 2.75) is 32.6 Å². The van der Waals surface area contributed by atoms with Crippen molar-refractivity contribution >= 4 is 0 Å². The monoisotopic (exact) mass is 211 g/mol. The SMILES string of the molecule is CC1(C)CC(C(CN)c2noc(=O)[nH]2)C1. The van der Waals surface area contributed by atoms with Gasteiger partial charge in [0.15, 0.2) is 5.82 Å². The highest BCUT2D eigenvalue weighted by Gasteiger charge is 2.41. The molecule has 0 aromatic carbocycles. The first kappa shape index (κ1) is 10.4. The fourth-order valence-corrected chi connectivity index (χ4v) is 2.57. The van der Waals surface area contributed by atoms with Crippen LogP contribution in [0.4, 0.5) is 0 Å². The van der Waals surface area contributed by atoms with E-state index in [2.05, 4.69) is 28.5 Å². The Morgan fingerprint density at radius 3 is 2.73 bits per heavy atom. The maximum Gasteiger partial charge on any atom is 0.438 e. The molecule has 0 aliphatic heterocycles. The molecule has 15 heavy (non-hydrogen) atoms. The van der Waals surface area contributed by atoms with E-state index in [0.29, 0.717) is 23.7 Å². The summed E-state index contributed by atoms with van der Waals surface area (Å²) in [6.45, 7) is 4.98. The van der Waals surface area contributed by atoms with Crippen molar-refractivity contribution in [2.24, 2.45) is 17.1 Å². The molecule has 1 heterocycles. The van der Waals surface area contributed by atoms with Gasteiger partial charge in [-0.05, 0) is 24.2 Å². The normalized spacial score (nSPS) is 22.3. The third kappa shape index (κ3) is 1.97. The molecule has 1 saturated carbocycles. The number of nitrogens with one attached hydrogen (secondary N) is 1. The molecule has 1 unspecified atom stereocenters. The summed E-state index contributed by atoms with van der Waals surface area (Å²) in [7, 11) is 0. The zero-order valence-electron chi connectivity index (χ0n) is 9.12. The zero-order chi connectivity index (χ0) is 11.1. The number of nitrogens with two attached hydrogens (primary N) is 1. The quantitative estimate of drug-likeness (QED) is 0.775.